The maximum atomic E-state index is 12.4. The van der Waals surface area contributed by atoms with Crippen molar-refractivity contribution in [1.29, 1.82) is 0 Å². The lowest BCUT2D eigenvalue weighted by atomic mass is 9.51. The van der Waals surface area contributed by atoms with Crippen LogP contribution in [0.3, 0.4) is 0 Å². The van der Waals surface area contributed by atoms with Crippen LogP contribution in [0.25, 0.3) is 0 Å². The molecule has 3 fully saturated rings. The SMILES string of the molecule is C=C1CC[C@H](OC(=O)CCCN(C)C)C/C1=C\C=C1/CCC[C@@]2(C)C1CCC[C@@H]2[C@H](C)CCCC(C)C. The van der Waals surface area contributed by atoms with E-state index in [0.29, 0.717) is 11.8 Å². The first-order valence-corrected chi connectivity index (χ1v) is 15.5. The predicted octanol–water partition coefficient (Wildman–Crippen LogP) is 8.90. The Kier molecular flexibility index (Phi) is 11.6. The summed E-state index contributed by atoms with van der Waals surface area (Å²) >= 11 is 0. The summed E-state index contributed by atoms with van der Waals surface area (Å²) in [4.78, 5) is 14.5. The van der Waals surface area contributed by atoms with Crippen molar-refractivity contribution in [2.75, 3.05) is 20.6 Å². The lowest BCUT2D eigenvalue weighted by Crippen LogP contribution is -2.44. The minimum atomic E-state index is -0.0455. The van der Waals surface area contributed by atoms with Gasteiger partial charge < -0.3 is 9.64 Å². The number of fused-ring (bicyclic) bond motifs is 1. The molecule has 1 unspecified atom stereocenters. The molecule has 0 aliphatic heterocycles. The molecular formula is C34H57NO2. The maximum absolute atomic E-state index is 12.4. The number of carbonyl (C=O) groups excluding carboxylic acids is 1. The van der Waals surface area contributed by atoms with Crippen LogP contribution in [0.1, 0.15) is 118 Å². The molecule has 0 heterocycles. The first-order chi connectivity index (χ1) is 17.6. The number of rotatable bonds is 11. The standard InChI is InChI=1S/C34H57NO2/c1-25(2)12-8-13-27(4)31-15-9-16-32-28(14-10-22-34(31,32)5)19-20-29-24-30(21-18-26(29)3)37-33(36)17-11-23-35(6)7/h19-20,25,27,30-32H,3,8-18,21-24H2,1-2,4-7H3/b28-19+,29-20+/t27-,30+,31-,32?,34-/m1/s1. The average Bonchev–Trinajstić information content (AvgIpc) is 2.83. The van der Waals surface area contributed by atoms with Crippen LogP contribution >= 0.6 is 0 Å². The van der Waals surface area contributed by atoms with E-state index in [2.05, 4.69) is 51.3 Å². The van der Waals surface area contributed by atoms with Crippen LogP contribution in [0, 0.1) is 29.1 Å². The molecule has 0 N–H and O–H groups in total. The predicted molar refractivity (Wildman–Crippen MR) is 157 cm³/mol. The fraction of sp³-hybridized carbons (Fsp3) is 0.794. The van der Waals surface area contributed by atoms with E-state index >= 15 is 0 Å². The molecule has 0 saturated heterocycles. The topological polar surface area (TPSA) is 29.5 Å². The third-order valence-corrected chi connectivity index (χ3v) is 9.86. The summed E-state index contributed by atoms with van der Waals surface area (Å²) < 4.78 is 5.87. The Morgan fingerprint density at radius 1 is 1.08 bits per heavy atom. The van der Waals surface area contributed by atoms with Gasteiger partial charge in [-0.15, -0.1) is 0 Å². The monoisotopic (exact) mass is 511 g/mol. The van der Waals surface area contributed by atoms with Gasteiger partial charge in [-0.25, -0.2) is 0 Å². The van der Waals surface area contributed by atoms with Gasteiger partial charge in [0, 0.05) is 12.8 Å². The van der Waals surface area contributed by atoms with Gasteiger partial charge in [0.2, 0.25) is 0 Å². The van der Waals surface area contributed by atoms with Crippen LogP contribution < -0.4 is 0 Å². The molecule has 0 aromatic rings. The average molecular weight is 512 g/mol. The van der Waals surface area contributed by atoms with E-state index in [0.717, 1.165) is 55.9 Å². The number of hydrogen-bond acceptors (Lipinski definition) is 3. The Balaban J connectivity index is 1.64. The molecule has 0 bridgehead atoms. The zero-order valence-corrected chi connectivity index (χ0v) is 25.1. The number of hydrogen-bond donors (Lipinski definition) is 0. The fourth-order valence-corrected chi connectivity index (χ4v) is 7.73. The summed E-state index contributed by atoms with van der Waals surface area (Å²) in [5.74, 6) is 3.19. The van der Waals surface area contributed by atoms with Gasteiger partial charge >= 0.3 is 5.97 Å². The van der Waals surface area contributed by atoms with Gasteiger partial charge in [0.05, 0.1) is 0 Å². The van der Waals surface area contributed by atoms with Gasteiger partial charge in [0.15, 0.2) is 0 Å². The highest BCUT2D eigenvalue weighted by molar-refractivity contribution is 5.69. The molecule has 0 aromatic carbocycles. The van der Waals surface area contributed by atoms with Gasteiger partial charge in [-0.3, -0.25) is 4.79 Å². The zero-order chi connectivity index (χ0) is 27.0. The Bertz CT molecular complexity index is 822. The summed E-state index contributed by atoms with van der Waals surface area (Å²) in [5.41, 5.74) is 4.66. The summed E-state index contributed by atoms with van der Waals surface area (Å²) in [5, 5.41) is 0. The zero-order valence-electron chi connectivity index (χ0n) is 25.1. The molecule has 210 valence electrons. The molecule has 3 saturated carbocycles. The maximum Gasteiger partial charge on any atom is 0.306 e. The molecule has 3 nitrogen and oxygen atoms in total. The molecule has 0 amide bonds. The lowest BCUT2D eigenvalue weighted by molar-refractivity contribution is -0.149. The molecule has 37 heavy (non-hydrogen) atoms. The van der Waals surface area contributed by atoms with Crippen molar-refractivity contribution >= 4 is 5.97 Å². The number of nitrogens with zero attached hydrogens (tertiary/aromatic N) is 1. The Morgan fingerprint density at radius 2 is 1.86 bits per heavy atom. The number of ether oxygens (including phenoxy) is 1. The van der Waals surface area contributed by atoms with E-state index in [1.165, 1.54) is 68.9 Å². The van der Waals surface area contributed by atoms with Crippen molar-refractivity contribution in [1.82, 2.24) is 4.90 Å². The van der Waals surface area contributed by atoms with Crippen molar-refractivity contribution < 1.29 is 9.53 Å². The third kappa shape index (κ3) is 8.57. The smallest absolute Gasteiger partial charge is 0.306 e. The molecule has 3 aliphatic carbocycles. The molecule has 0 aromatic heterocycles. The second-order valence-corrected chi connectivity index (χ2v) is 13.5. The van der Waals surface area contributed by atoms with Crippen LogP contribution in [-0.4, -0.2) is 37.6 Å². The molecular weight excluding hydrogens is 454 g/mol. The normalized spacial score (nSPS) is 31.7. The second kappa shape index (κ2) is 14.2. The van der Waals surface area contributed by atoms with Gasteiger partial charge in [-0.05, 0) is 107 Å². The quantitative estimate of drug-likeness (QED) is 0.259. The van der Waals surface area contributed by atoms with Crippen LogP contribution in [-0.2, 0) is 9.53 Å². The van der Waals surface area contributed by atoms with Crippen LogP contribution in [0.5, 0.6) is 0 Å². The summed E-state index contributed by atoms with van der Waals surface area (Å²) in [6.07, 6.45) is 21.1. The molecule has 3 heteroatoms. The number of esters is 1. The summed E-state index contributed by atoms with van der Waals surface area (Å²) in [6, 6.07) is 0. The molecule has 0 radical (unpaired) electrons. The van der Waals surface area contributed by atoms with E-state index in [4.69, 9.17) is 4.74 Å². The minimum Gasteiger partial charge on any atom is -0.462 e. The van der Waals surface area contributed by atoms with Crippen LogP contribution in [0.15, 0.2) is 35.5 Å². The molecule has 3 rings (SSSR count). The highest BCUT2D eigenvalue weighted by Crippen LogP contribution is 2.57. The fourth-order valence-electron chi connectivity index (χ4n) is 7.73. The number of carbonyl (C=O) groups is 1. The van der Waals surface area contributed by atoms with Gasteiger partial charge in [-0.1, -0.05) is 83.3 Å². The van der Waals surface area contributed by atoms with Crippen LogP contribution in [0.2, 0.25) is 0 Å². The van der Waals surface area contributed by atoms with Crippen LogP contribution in [0.4, 0.5) is 0 Å². The van der Waals surface area contributed by atoms with E-state index in [1.807, 2.05) is 14.1 Å². The van der Waals surface area contributed by atoms with Crippen molar-refractivity contribution in [2.24, 2.45) is 29.1 Å². The largest absolute Gasteiger partial charge is 0.462 e. The van der Waals surface area contributed by atoms with E-state index in [1.54, 1.807) is 5.57 Å². The Labute approximate surface area is 229 Å². The van der Waals surface area contributed by atoms with Crippen molar-refractivity contribution in [2.45, 2.75) is 124 Å². The third-order valence-electron chi connectivity index (χ3n) is 9.86. The van der Waals surface area contributed by atoms with Gasteiger partial charge in [0.25, 0.3) is 0 Å². The minimum absolute atomic E-state index is 0.00405. The first-order valence-electron chi connectivity index (χ1n) is 15.5. The highest BCUT2D eigenvalue weighted by Gasteiger charge is 2.48. The van der Waals surface area contributed by atoms with Gasteiger partial charge in [-0.2, -0.15) is 0 Å². The van der Waals surface area contributed by atoms with E-state index < -0.39 is 0 Å². The van der Waals surface area contributed by atoms with Crippen molar-refractivity contribution in [3.05, 3.63) is 35.5 Å². The van der Waals surface area contributed by atoms with Gasteiger partial charge in [0.1, 0.15) is 6.10 Å². The summed E-state index contributed by atoms with van der Waals surface area (Å²) in [7, 11) is 4.08. The second-order valence-electron chi connectivity index (χ2n) is 13.5. The molecule has 0 spiro atoms. The summed E-state index contributed by atoms with van der Waals surface area (Å²) in [6.45, 7) is 15.2. The van der Waals surface area contributed by atoms with E-state index in [9.17, 15) is 4.79 Å². The van der Waals surface area contributed by atoms with E-state index in [-0.39, 0.29) is 12.1 Å². The molecule has 3 aliphatic rings. The lowest BCUT2D eigenvalue weighted by Gasteiger charge is -2.53. The highest BCUT2D eigenvalue weighted by atomic mass is 16.5. The first kappa shape index (κ1) is 30.2. The molecule has 5 atom stereocenters. The Morgan fingerprint density at radius 3 is 2.59 bits per heavy atom. The Hall–Kier alpha value is -1.35. The van der Waals surface area contributed by atoms with Crippen molar-refractivity contribution in [3.63, 3.8) is 0 Å². The number of allylic oxidation sites excluding steroid dienone is 4. The van der Waals surface area contributed by atoms with Crippen molar-refractivity contribution in [3.8, 4) is 0 Å².